The lowest BCUT2D eigenvalue weighted by atomic mass is 9.98. The third-order valence-electron chi connectivity index (χ3n) is 3.79. The number of hydrogen-bond acceptors (Lipinski definition) is 4. The molecule has 23 heavy (non-hydrogen) atoms. The van der Waals surface area contributed by atoms with E-state index in [9.17, 15) is 4.79 Å². The largest absolute Gasteiger partial charge is 0.493 e. The third kappa shape index (κ3) is 3.70. The van der Waals surface area contributed by atoms with Crippen LogP contribution in [-0.2, 0) is 0 Å². The van der Waals surface area contributed by atoms with E-state index < -0.39 is 0 Å². The van der Waals surface area contributed by atoms with Crippen LogP contribution in [0.25, 0.3) is 0 Å². The first-order valence-electron chi connectivity index (χ1n) is 7.28. The number of Topliss-reactive ketones (excluding diaryl/α,β-unsaturated/α-hetero) is 1. The van der Waals surface area contributed by atoms with Gasteiger partial charge < -0.3 is 9.47 Å². The molecule has 0 unspecified atom stereocenters. The molecule has 2 aromatic rings. The molecule has 0 saturated carbocycles. The van der Waals surface area contributed by atoms with E-state index in [1.807, 2.05) is 39.0 Å². The van der Waals surface area contributed by atoms with Gasteiger partial charge in [-0.2, -0.15) is 5.26 Å². The normalized spacial score (nSPS) is 10.0. The number of ketones is 1. The number of aryl methyl sites for hydroxylation is 3. The molecule has 0 heterocycles. The Bertz CT molecular complexity index is 788. The molecule has 0 spiro atoms. The minimum atomic E-state index is -0.0861. The summed E-state index contributed by atoms with van der Waals surface area (Å²) in [5, 5.41) is 8.89. The average molecular weight is 309 g/mol. The molecule has 0 atom stereocenters. The van der Waals surface area contributed by atoms with E-state index in [-0.39, 0.29) is 12.4 Å². The fraction of sp³-hybridized carbons (Fsp3) is 0.263. The number of benzene rings is 2. The molecule has 0 bridgehead atoms. The van der Waals surface area contributed by atoms with Gasteiger partial charge in [0, 0.05) is 11.6 Å². The summed E-state index contributed by atoms with van der Waals surface area (Å²) in [6, 6.07) is 10.8. The van der Waals surface area contributed by atoms with Crippen LogP contribution in [0.4, 0.5) is 0 Å². The van der Waals surface area contributed by atoms with Crippen LogP contribution in [-0.4, -0.2) is 19.5 Å². The fourth-order valence-corrected chi connectivity index (χ4v) is 2.34. The molecule has 0 aliphatic carbocycles. The lowest BCUT2D eigenvalue weighted by molar-refractivity contribution is 0.0919. The second-order valence-electron chi connectivity index (χ2n) is 5.44. The number of nitrogens with zero attached hydrogens (tertiary/aromatic N) is 1. The molecule has 0 radical (unpaired) electrons. The molecule has 2 aromatic carbocycles. The molecule has 0 saturated heterocycles. The van der Waals surface area contributed by atoms with Gasteiger partial charge in [0.25, 0.3) is 0 Å². The molecule has 0 N–H and O–H groups in total. The zero-order valence-corrected chi connectivity index (χ0v) is 13.8. The number of rotatable bonds is 5. The van der Waals surface area contributed by atoms with Crippen molar-refractivity contribution in [2.75, 3.05) is 13.7 Å². The summed E-state index contributed by atoms with van der Waals surface area (Å²) < 4.78 is 10.8. The predicted molar refractivity (Wildman–Crippen MR) is 88.2 cm³/mol. The van der Waals surface area contributed by atoms with Crippen LogP contribution in [0.3, 0.4) is 0 Å². The Morgan fingerprint density at radius 2 is 1.74 bits per heavy atom. The molecular formula is C19H19NO3. The summed E-state index contributed by atoms with van der Waals surface area (Å²) in [6.45, 7) is 5.85. The Balaban J connectivity index is 2.17. The van der Waals surface area contributed by atoms with E-state index in [1.165, 1.54) is 7.11 Å². The van der Waals surface area contributed by atoms with Crippen molar-refractivity contribution in [3.05, 3.63) is 58.1 Å². The number of ether oxygens (including phenoxy) is 2. The van der Waals surface area contributed by atoms with Crippen molar-refractivity contribution in [1.82, 2.24) is 0 Å². The molecule has 0 aliphatic rings. The molecule has 4 heteroatoms. The summed E-state index contributed by atoms with van der Waals surface area (Å²) in [7, 11) is 1.50. The van der Waals surface area contributed by atoms with Crippen molar-refractivity contribution in [2.24, 2.45) is 0 Å². The van der Waals surface area contributed by atoms with E-state index in [4.69, 9.17) is 14.7 Å². The Kier molecular flexibility index (Phi) is 5.02. The van der Waals surface area contributed by atoms with Crippen LogP contribution in [0.1, 0.15) is 32.6 Å². The molecule has 118 valence electrons. The van der Waals surface area contributed by atoms with Gasteiger partial charge in [-0.05, 0) is 55.7 Å². The number of nitriles is 1. The highest BCUT2D eigenvalue weighted by Gasteiger charge is 2.13. The highest BCUT2D eigenvalue weighted by Crippen LogP contribution is 2.28. The van der Waals surface area contributed by atoms with E-state index in [0.717, 1.165) is 16.7 Å². The molecule has 0 fully saturated rings. The van der Waals surface area contributed by atoms with Crippen LogP contribution in [0.5, 0.6) is 11.5 Å². The minimum Gasteiger partial charge on any atom is -0.493 e. The quantitative estimate of drug-likeness (QED) is 0.789. The van der Waals surface area contributed by atoms with E-state index in [0.29, 0.717) is 22.6 Å². The lowest BCUT2D eigenvalue weighted by Crippen LogP contribution is -2.14. The number of methoxy groups -OCH3 is 1. The van der Waals surface area contributed by atoms with E-state index in [1.54, 1.807) is 18.2 Å². The lowest BCUT2D eigenvalue weighted by Gasteiger charge is -2.12. The molecule has 0 aromatic heterocycles. The fourth-order valence-electron chi connectivity index (χ4n) is 2.34. The van der Waals surface area contributed by atoms with Crippen LogP contribution >= 0.6 is 0 Å². The van der Waals surface area contributed by atoms with Gasteiger partial charge in [0.1, 0.15) is 0 Å². The maximum atomic E-state index is 12.4. The third-order valence-corrected chi connectivity index (χ3v) is 3.79. The summed E-state index contributed by atoms with van der Waals surface area (Å²) in [4.78, 5) is 12.4. The van der Waals surface area contributed by atoms with Crippen molar-refractivity contribution < 1.29 is 14.3 Å². The van der Waals surface area contributed by atoms with Gasteiger partial charge in [0.2, 0.25) is 0 Å². The molecular weight excluding hydrogens is 290 g/mol. The number of carbonyl (C=O) groups excluding carboxylic acids is 1. The summed E-state index contributed by atoms with van der Waals surface area (Å²) >= 11 is 0. The highest BCUT2D eigenvalue weighted by atomic mass is 16.5. The Morgan fingerprint density at radius 1 is 1.04 bits per heavy atom. The monoisotopic (exact) mass is 309 g/mol. The first-order valence-corrected chi connectivity index (χ1v) is 7.28. The maximum Gasteiger partial charge on any atom is 0.200 e. The SMILES string of the molecule is COc1cc(C#N)ccc1OCC(=O)c1cc(C)c(C)cc1C. The van der Waals surface area contributed by atoms with Crippen molar-refractivity contribution in [2.45, 2.75) is 20.8 Å². The summed E-state index contributed by atoms with van der Waals surface area (Å²) in [6.07, 6.45) is 0. The minimum absolute atomic E-state index is 0.0778. The Morgan fingerprint density at radius 3 is 2.39 bits per heavy atom. The summed E-state index contributed by atoms with van der Waals surface area (Å²) in [5.74, 6) is 0.798. The van der Waals surface area contributed by atoms with Crippen molar-refractivity contribution in [3.8, 4) is 17.6 Å². The highest BCUT2D eigenvalue weighted by molar-refractivity contribution is 5.98. The second kappa shape index (κ2) is 6.97. The maximum absolute atomic E-state index is 12.4. The average Bonchev–Trinajstić information content (AvgIpc) is 2.55. The van der Waals surface area contributed by atoms with E-state index >= 15 is 0 Å². The molecule has 2 rings (SSSR count). The Labute approximate surface area is 136 Å². The number of carbonyl (C=O) groups is 1. The molecule has 0 aliphatic heterocycles. The van der Waals surface area contributed by atoms with Crippen LogP contribution in [0.15, 0.2) is 30.3 Å². The standard InChI is InChI=1S/C19H19NO3/c1-12-7-14(3)16(8-13(12)2)17(21)11-23-18-6-5-15(10-20)9-19(18)22-4/h5-9H,11H2,1-4H3. The second-order valence-corrected chi connectivity index (χ2v) is 5.44. The predicted octanol–water partition coefficient (Wildman–Crippen LogP) is 3.75. The topological polar surface area (TPSA) is 59.3 Å². The first kappa shape index (κ1) is 16.6. The zero-order chi connectivity index (χ0) is 17.0. The van der Waals surface area contributed by atoms with Gasteiger partial charge in [-0.25, -0.2) is 0 Å². The van der Waals surface area contributed by atoms with Crippen LogP contribution < -0.4 is 9.47 Å². The van der Waals surface area contributed by atoms with Gasteiger partial charge >= 0.3 is 0 Å². The van der Waals surface area contributed by atoms with Crippen molar-refractivity contribution in [1.29, 1.82) is 5.26 Å². The van der Waals surface area contributed by atoms with Crippen LogP contribution in [0, 0.1) is 32.1 Å². The first-order chi connectivity index (χ1) is 11.0. The van der Waals surface area contributed by atoms with Crippen molar-refractivity contribution in [3.63, 3.8) is 0 Å². The van der Waals surface area contributed by atoms with Crippen LogP contribution in [0.2, 0.25) is 0 Å². The van der Waals surface area contributed by atoms with Gasteiger partial charge in [-0.15, -0.1) is 0 Å². The van der Waals surface area contributed by atoms with Gasteiger partial charge in [-0.1, -0.05) is 6.07 Å². The Hall–Kier alpha value is -2.80. The number of hydrogen-bond donors (Lipinski definition) is 0. The summed E-state index contributed by atoms with van der Waals surface area (Å²) in [5.41, 5.74) is 4.32. The van der Waals surface area contributed by atoms with Crippen molar-refractivity contribution >= 4 is 5.78 Å². The van der Waals surface area contributed by atoms with E-state index in [2.05, 4.69) is 0 Å². The van der Waals surface area contributed by atoms with Gasteiger partial charge in [0.15, 0.2) is 23.9 Å². The zero-order valence-electron chi connectivity index (χ0n) is 13.8. The van der Waals surface area contributed by atoms with Gasteiger partial charge in [-0.3, -0.25) is 4.79 Å². The smallest absolute Gasteiger partial charge is 0.200 e. The molecule has 4 nitrogen and oxygen atoms in total. The van der Waals surface area contributed by atoms with Gasteiger partial charge in [0.05, 0.1) is 18.7 Å². The molecule has 0 amide bonds.